The van der Waals surface area contributed by atoms with Crippen molar-refractivity contribution in [1.29, 1.82) is 0 Å². The Kier molecular flexibility index (Phi) is 3.41. The minimum Gasteiger partial charge on any atom is -0.298 e. The number of hydrogen-bond acceptors (Lipinski definition) is 3. The van der Waals surface area contributed by atoms with E-state index in [0.29, 0.717) is 31.9 Å². The summed E-state index contributed by atoms with van der Waals surface area (Å²) < 4.78 is 3.04. The zero-order valence-corrected chi connectivity index (χ0v) is 12.6. The van der Waals surface area contributed by atoms with Crippen LogP contribution in [-0.2, 0) is 0 Å². The maximum atomic E-state index is 11.2. The van der Waals surface area contributed by atoms with Crippen LogP contribution >= 0.6 is 34.5 Å². The second kappa shape index (κ2) is 4.93. The largest absolute Gasteiger partial charge is 0.298 e. The lowest BCUT2D eigenvalue weighted by molar-refractivity contribution is 0.112. The van der Waals surface area contributed by atoms with Crippen molar-refractivity contribution in [2.45, 2.75) is 25.8 Å². The van der Waals surface area contributed by atoms with Gasteiger partial charge in [0.05, 0.1) is 15.9 Å². The van der Waals surface area contributed by atoms with E-state index in [4.69, 9.17) is 23.2 Å². The number of hydrogen-bond donors (Lipinski definition) is 0. The molecule has 2 aromatic heterocycles. The number of carbonyl (C=O) groups is 1. The van der Waals surface area contributed by atoms with E-state index in [2.05, 4.69) is 12.0 Å². The van der Waals surface area contributed by atoms with Crippen LogP contribution in [0, 0.1) is 5.92 Å². The first kappa shape index (κ1) is 13.2. The summed E-state index contributed by atoms with van der Waals surface area (Å²) in [4.78, 5) is 11.2. The SMILES string of the molecule is CC(C1CC1)n1cc(C=O)c(-c2cc(Cl)sc2Cl)n1. The Balaban J connectivity index is 2.04. The van der Waals surface area contributed by atoms with Crippen LogP contribution in [0.3, 0.4) is 0 Å². The highest BCUT2D eigenvalue weighted by Gasteiger charge is 2.30. The predicted octanol–water partition coefficient (Wildman–Crippen LogP) is 4.70. The van der Waals surface area contributed by atoms with Crippen LogP contribution in [-0.4, -0.2) is 16.1 Å². The van der Waals surface area contributed by atoms with Crippen molar-refractivity contribution < 1.29 is 4.79 Å². The van der Waals surface area contributed by atoms with Crippen molar-refractivity contribution >= 4 is 40.8 Å². The third-order valence-electron chi connectivity index (χ3n) is 3.52. The molecule has 3 rings (SSSR count). The van der Waals surface area contributed by atoms with E-state index in [1.54, 1.807) is 12.3 Å². The van der Waals surface area contributed by atoms with Gasteiger partial charge in [0.25, 0.3) is 0 Å². The van der Waals surface area contributed by atoms with Gasteiger partial charge in [-0.2, -0.15) is 5.10 Å². The lowest BCUT2D eigenvalue weighted by Crippen LogP contribution is -2.07. The van der Waals surface area contributed by atoms with Crippen LogP contribution in [0.25, 0.3) is 11.3 Å². The van der Waals surface area contributed by atoms with Crippen molar-refractivity contribution in [3.8, 4) is 11.3 Å². The molecular weight excluding hydrogens is 303 g/mol. The Labute approximate surface area is 125 Å². The third kappa shape index (κ3) is 2.45. The molecule has 0 amide bonds. The molecule has 0 spiro atoms. The van der Waals surface area contributed by atoms with Gasteiger partial charge in [-0.15, -0.1) is 11.3 Å². The Morgan fingerprint density at radius 2 is 2.26 bits per heavy atom. The third-order valence-corrected chi connectivity index (χ3v) is 5.01. The van der Waals surface area contributed by atoms with Gasteiger partial charge in [0.2, 0.25) is 0 Å². The second-order valence-electron chi connectivity index (χ2n) is 4.85. The number of thiophene rings is 1. The molecule has 0 N–H and O–H groups in total. The number of nitrogens with zero attached hydrogens (tertiary/aromatic N) is 2. The molecular formula is C13H12Cl2N2OS. The molecule has 1 atom stereocenters. The van der Waals surface area contributed by atoms with Gasteiger partial charge in [-0.1, -0.05) is 23.2 Å². The molecule has 1 saturated carbocycles. The molecule has 100 valence electrons. The summed E-state index contributed by atoms with van der Waals surface area (Å²) in [7, 11) is 0. The number of halogens is 2. The van der Waals surface area contributed by atoms with E-state index in [9.17, 15) is 4.79 Å². The molecule has 0 saturated heterocycles. The van der Waals surface area contributed by atoms with Gasteiger partial charge in [-0.25, -0.2) is 0 Å². The summed E-state index contributed by atoms with van der Waals surface area (Å²) in [6.07, 6.45) is 5.09. The average molecular weight is 315 g/mol. The Bertz CT molecular complexity index is 631. The van der Waals surface area contributed by atoms with Gasteiger partial charge < -0.3 is 0 Å². The maximum absolute atomic E-state index is 11.2. The summed E-state index contributed by atoms with van der Waals surface area (Å²) in [5.74, 6) is 0.675. The van der Waals surface area contributed by atoms with E-state index < -0.39 is 0 Å². The minimum absolute atomic E-state index is 0.320. The zero-order chi connectivity index (χ0) is 13.6. The highest BCUT2D eigenvalue weighted by Crippen LogP contribution is 2.41. The van der Waals surface area contributed by atoms with Gasteiger partial charge in [0.1, 0.15) is 10.0 Å². The van der Waals surface area contributed by atoms with Crippen LogP contribution in [0.1, 0.15) is 36.2 Å². The molecule has 0 bridgehead atoms. The summed E-state index contributed by atoms with van der Waals surface area (Å²) >= 11 is 13.4. The van der Waals surface area contributed by atoms with Crippen LogP contribution in [0.15, 0.2) is 12.3 Å². The number of aromatic nitrogens is 2. The standard InChI is InChI=1S/C13H12Cl2N2OS/c1-7(8-2-3-8)17-5-9(6-18)12(16-17)10-4-11(14)19-13(10)15/h4-8H,2-3H2,1H3. The fraction of sp³-hybridized carbons (Fsp3) is 0.385. The number of carbonyl (C=O) groups excluding carboxylic acids is 1. The molecule has 3 nitrogen and oxygen atoms in total. The number of aldehydes is 1. The first-order valence-electron chi connectivity index (χ1n) is 6.09. The Morgan fingerprint density at radius 1 is 1.53 bits per heavy atom. The average Bonchev–Trinajstić information content (AvgIpc) is 3.05. The summed E-state index contributed by atoms with van der Waals surface area (Å²) in [6, 6.07) is 2.08. The van der Waals surface area contributed by atoms with Crippen LogP contribution in [0.2, 0.25) is 8.67 Å². The molecule has 19 heavy (non-hydrogen) atoms. The molecule has 0 aromatic carbocycles. The van der Waals surface area contributed by atoms with Crippen LogP contribution in [0.5, 0.6) is 0 Å². The number of rotatable bonds is 4. The Morgan fingerprint density at radius 3 is 2.79 bits per heavy atom. The van der Waals surface area contributed by atoms with E-state index in [1.807, 2.05) is 4.68 Å². The lowest BCUT2D eigenvalue weighted by Gasteiger charge is -2.09. The van der Waals surface area contributed by atoms with Crippen molar-refractivity contribution in [2.75, 3.05) is 0 Å². The van der Waals surface area contributed by atoms with Crippen molar-refractivity contribution in [3.63, 3.8) is 0 Å². The fourth-order valence-electron chi connectivity index (χ4n) is 2.21. The van der Waals surface area contributed by atoms with Crippen molar-refractivity contribution in [3.05, 3.63) is 26.5 Å². The van der Waals surface area contributed by atoms with E-state index in [0.717, 1.165) is 11.8 Å². The van der Waals surface area contributed by atoms with Gasteiger partial charge in [-0.3, -0.25) is 9.48 Å². The summed E-state index contributed by atoms with van der Waals surface area (Å²) in [5, 5.41) is 4.54. The molecule has 2 heterocycles. The first-order chi connectivity index (χ1) is 9.10. The van der Waals surface area contributed by atoms with Gasteiger partial charge in [0, 0.05) is 11.8 Å². The maximum Gasteiger partial charge on any atom is 0.153 e. The lowest BCUT2D eigenvalue weighted by atomic mass is 10.2. The Hall–Kier alpha value is -0.840. The van der Waals surface area contributed by atoms with E-state index >= 15 is 0 Å². The van der Waals surface area contributed by atoms with Crippen LogP contribution < -0.4 is 0 Å². The highest BCUT2D eigenvalue weighted by molar-refractivity contribution is 7.20. The second-order valence-corrected chi connectivity index (χ2v) is 7.13. The zero-order valence-electron chi connectivity index (χ0n) is 10.3. The topological polar surface area (TPSA) is 34.9 Å². The van der Waals surface area contributed by atoms with E-state index in [-0.39, 0.29) is 0 Å². The van der Waals surface area contributed by atoms with Gasteiger partial charge in [-0.05, 0) is 31.7 Å². The van der Waals surface area contributed by atoms with E-state index in [1.165, 1.54) is 24.2 Å². The monoisotopic (exact) mass is 314 g/mol. The van der Waals surface area contributed by atoms with Crippen molar-refractivity contribution in [1.82, 2.24) is 9.78 Å². The fourth-order valence-corrected chi connectivity index (χ4v) is 3.67. The molecule has 2 aromatic rings. The highest BCUT2D eigenvalue weighted by atomic mass is 35.5. The summed E-state index contributed by atoms with van der Waals surface area (Å²) in [5.41, 5.74) is 1.92. The minimum atomic E-state index is 0.320. The molecule has 1 fully saturated rings. The quantitative estimate of drug-likeness (QED) is 0.766. The smallest absolute Gasteiger partial charge is 0.153 e. The molecule has 0 aliphatic heterocycles. The molecule has 1 aliphatic carbocycles. The normalized spacial score (nSPS) is 16.6. The predicted molar refractivity (Wildman–Crippen MR) is 78.4 cm³/mol. The van der Waals surface area contributed by atoms with Crippen molar-refractivity contribution in [2.24, 2.45) is 5.92 Å². The first-order valence-corrected chi connectivity index (χ1v) is 7.67. The van der Waals surface area contributed by atoms with Gasteiger partial charge >= 0.3 is 0 Å². The van der Waals surface area contributed by atoms with Gasteiger partial charge in [0.15, 0.2) is 6.29 Å². The molecule has 1 aliphatic rings. The molecule has 0 radical (unpaired) electrons. The summed E-state index contributed by atoms with van der Waals surface area (Å²) in [6.45, 7) is 2.13. The molecule has 1 unspecified atom stereocenters. The molecule has 6 heteroatoms. The van der Waals surface area contributed by atoms with Crippen LogP contribution in [0.4, 0.5) is 0 Å².